The van der Waals surface area contributed by atoms with Crippen LogP contribution in [0.5, 0.6) is 11.5 Å². The summed E-state index contributed by atoms with van der Waals surface area (Å²) in [6, 6.07) is 17.4. The van der Waals surface area contributed by atoms with Gasteiger partial charge < -0.3 is 13.7 Å². The summed E-state index contributed by atoms with van der Waals surface area (Å²) in [5.74, 6) is 0.438. The van der Waals surface area contributed by atoms with Crippen molar-refractivity contribution in [1.82, 2.24) is 14.4 Å². The molecule has 1 unspecified atom stereocenters. The first-order chi connectivity index (χ1) is 20.4. The molecule has 228 valence electrons. The van der Waals surface area contributed by atoms with E-state index in [-0.39, 0.29) is 40.7 Å². The van der Waals surface area contributed by atoms with Crippen LogP contribution in [0, 0.1) is 6.92 Å². The first-order valence-corrected chi connectivity index (χ1v) is 15.4. The van der Waals surface area contributed by atoms with Crippen molar-refractivity contribution in [2.24, 2.45) is 0 Å². The minimum atomic E-state index is -2.27. The number of carbonyl (C=O) groups excluding carboxylic acids is 1. The Morgan fingerprint density at radius 1 is 0.907 bits per heavy atom. The monoisotopic (exact) mass is 605 g/mol. The fraction of sp³-hybridized carbons (Fsp3) is 0.394. The molecule has 9 nitrogen and oxygen atoms in total. The average molecular weight is 606 g/mol. The maximum absolute atomic E-state index is 12.7. The van der Waals surface area contributed by atoms with Gasteiger partial charge in [0.05, 0.1) is 10.9 Å². The largest absolute Gasteiger partial charge is 0.490 e. The van der Waals surface area contributed by atoms with Gasteiger partial charge in [0.25, 0.3) is 5.56 Å². The van der Waals surface area contributed by atoms with Gasteiger partial charge in [-0.25, -0.2) is 4.79 Å². The van der Waals surface area contributed by atoms with Crippen LogP contribution >= 0.6 is 0 Å². The van der Waals surface area contributed by atoms with Gasteiger partial charge in [0.15, 0.2) is 0 Å². The smallest absolute Gasteiger partial charge is 0.344 e. The molecule has 0 aliphatic heterocycles. The number of aryl methyl sites for hydroxylation is 1. The Morgan fingerprint density at radius 3 is 2.28 bits per heavy atom. The van der Waals surface area contributed by atoms with Crippen LogP contribution in [-0.2, 0) is 26.8 Å². The summed E-state index contributed by atoms with van der Waals surface area (Å²) >= 11 is -2.27. The molecule has 1 atom stereocenters. The van der Waals surface area contributed by atoms with E-state index < -0.39 is 22.8 Å². The van der Waals surface area contributed by atoms with Crippen molar-refractivity contribution >= 4 is 28.1 Å². The summed E-state index contributed by atoms with van der Waals surface area (Å²) in [5, 5.41) is 7.96. The number of carbonyl (C=O) groups is 1. The Labute approximate surface area is 255 Å². The molecule has 1 aromatic heterocycles. The number of hydrogen-bond acceptors (Lipinski definition) is 8. The SMILES string of the molecule is CCC(C)(C)c1ccc(OCCOC(=O)c2ccc(OS(=O)n3nnc4ccc(C)cc4c3=O)cc2)c(C(C)(C)CC)c1. The summed E-state index contributed by atoms with van der Waals surface area (Å²) in [5.41, 5.74) is 3.36. The number of esters is 1. The summed E-state index contributed by atoms with van der Waals surface area (Å²) < 4.78 is 30.3. The van der Waals surface area contributed by atoms with E-state index in [1.165, 1.54) is 29.8 Å². The lowest BCUT2D eigenvalue weighted by atomic mass is 9.76. The quantitative estimate of drug-likeness (QED) is 0.138. The number of hydrogen-bond donors (Lipinski definition) is 0. The fourth-order valence-electron chi connectivity index (χ4n) is 4.37. The molecule has 4 rings (SSSR count). The third kappa shape index (κ3) is 7.30. The van der Waals surface area contributed by atoms with Crippen molar-refractivity contribution in [2.75, 3.05) is 13.2 Å². The number of rotatable bonds is 12. The summed E-state index contributed by atoms with van der Waals surface area (Å²) in [6.45, 7) is 15.4. The Balaban J connectivity index is 1.35. The first kappa shape index (κ1) is 31.9. The van der Waals surface area contributed by atoms with Gasteiger partial charge in [-0.15, -0.1) is 5.10 Å². The molecule has 10 heteroatoms. The lowest BCUT2D eigenvalue weighted by Crippen LogP contribution is -2.29. The number of nitrogens with zero attached hydrogens (tertiary/aromatic N) is 3. The highest BCUT2D eigenvalue weighted by molar-refractivity contribution is 7.78. The second-order valence-corrected chi connectivity index (χ2v) is 12.7. The normalized spacial score (nSPS) is 12.6. The van der Waals surface area contributed by atoms with E-state index in [0.29, 0.717) is 9.60 Å². The van der Waals surface area contributed by atoms with Crippen molar-refractivity contribution in [1.29, 1.82) is 0 Å². The zero-order valence-corrected chi connectivity index (χ0v) is 26.6. The lowest BCUT2D eigenvalue weighted by Gasteiger charge is -2.30. The van der Waals surface area contributed by atoms with Gasteiger partial charge >= 0.3 is 17.2 Å². The van der Waals surface area contributed by atoms with Crippen LogP contribution in [0.3, 0.4) is 0 Å². The van der Waals surface area contributed by atoms with Gasteiger partial charge in [-0.3, -0.25) is 4.79 Å². The number of aromatic nitrogens is 3. The van der Waals surface area contributed by atoms with Crippen LogP contribution < -0.4 is 14.5 Å². The zero-order chi connectivity index (χ0) is 31.4. The van der Waals surface area contributed by atoms with Crippen LogP contribution in [-0.4, -0.2) is 37.8 Å². The van der Waals surface area contributed by atoms with Crippen LogP contribution in [0.15, 0.2) is 65.5 Å². The summed E-state index contributed by atoms with van der Waals surface area (Å²) in [4.78, 5) is 25.4. The third-order valence-electron chi connectivity index (χ3n) is 8.02. The van der Waals surface area contributed by atoms with Crippen LogP contribution in [0.1, 0.15) is 81.4 Å². The van der Waals surface area contributed by atoms with Gasteiger partial charge in [-0.2, -0.15) is 4.21 Å². The van der Waals surface area contributed by atoms with Crippen LogP contribution in [0.4, 0.5) is 0 Å². The van der Waals surface area contributed by atoms with E-state index in [1.54, 1.807) is 12.1 Å². The van der Waals surface area contributed by atoms with E-state index >= 15 is 0 Å². The molecule has 0 amide bonds. The van der Waals surface area contributed by atoms with Crippen LogP contribution in [0.2, 0.25) is 0 Å². The molecule has 43 heavy (non-hydrogen) atoms. The van der Waals surface area contributed by atoms with E-state index in [2.05, 4.69) is 64.0 Å². The molecule has 4 aromatic rings. The highest BCUT2D eigenvalue weighted by atomic mass is 32.2. The topological polar surface area (TPSA) is 110 Å². The molecule has 1 heterocycles. The van der Waals surface area contributed by atoms with Crippen molar-refractivity contribution in [3.8, 4) is 11.5 Å². The Kier molecular flexibility index (Phi) is 9.69. The first-order valence-electron chi connectivity index (χ1n) is 14.4. The van der Waals surface area contributed by atoms with Gasteiger partial charge in [0.1, 0.15) is 30.2 Å². The van der Waals surface area contributed by atoms with Crippen molar-refractivity contribution in [3.63, 3.8) is 0 Å². The predicted octanol–water partition coefficient (Wildman–Crippen LogP) is 6.22. The predicted molar refractivity (Wildman–Crippen MR) is 168 cm³/mol. The molecule has 0 N–H and O–H groups in total. The molecular formula is C33H39N3O6S. The molecule has 0 saturated carbocycles. The third-order valence-corrected chi connectivity index (χ3v) is 8.88. The second-order valence-electron chi connectivity index (χ2n) is 11.8. The molecule has 0 aliphatic rings. The van der Waals surface area contributed by atoms with Crippen molar-refractivity contribution in [3.05, 3.63) is 93.3 Å². The Hall–Kier alpha value is -4.05. The highest BCUT2D eigenvalue weighted by Gasteiger charge is 2.26. The molecule has 0 radical (unpaired) electrons. The van der Waals surface area contributed by atoms with Crippen molar-refractivity contribution < 1.29 is 22.7 Å². The maximum atomic E-state index is 12.7. The van der Waals surface area contributed by atoms with E-state index in [4.69, 9.17) is 13.7 Å². The summed E-state index contributed by atoms with van der Waals surface area (Å²) in [6.07, 6.45) is 1.98. The highest BCUT2D eigenvalue weighted by Crippen LogP contribution is 2.38. The molecule has 0 bridgehead atoms. The average Bonchev–Trinajstić information content (AvgIpc) is 2.99. The summed E-state index contributed by atoms with van der Waals surface area (Å²) in [7, 11) is 0. The minimum Gasteiger partial charge on any atom is -0.490 e. The molecule has 3 aromatic carbocycles. The number of fused-ring (bicyclic) bond motifs is 1. The van der Waals surface area contributed by atoms with Gasteiger partial charge in [-0.1, -0.05) is 69.4 Å². The standard InChI is InChI=1S/C33H39N3O6S/c1-8-32(4,5)24-13-17-29(27(21-24)33(6,7)9-2)40-18-19-41-31(38)23-11-14-25(15-12-23)42-43(39)36-30(37)26-20-22(3)10-16-28(26)34-35-36/h10-17,20-21H,8-9,18-19H2,1-7H3. The van der Waals surface area contributed by atoms with Crippen molar-refractivity contribution in [2.45, 2.75) is 72.1 Å². The van der Waals surface area contributed by atoms with Gasteiger partial charge in [0.2, 0.25) is 0 Å². The molecule has 0 aliphatic carbocycles. The van der Waals surface area contributed by atoms with Crippen LogP contribution in [0.25, 0.3) is 10.9 Å². The zero-order valence-electron chi connectivity index (χ0n) is 25.8. The van der Waals surface area contributed by atoms with E-state index in [9.17, 15) is 13.8 Å². The minimum absolute atomic E-state index is 0.0593. The van der Waals surface area contributed by atoms with E-state index in [1.807, 2.05) is 19.1 Å². The molecule has 0 spiro atoms. The lowest BCUT2D eigenvalue weighted by molar-refractivity contribution is 0.0449. The Bertz CT molecular complexity index is 1700. The van der Waals surface area contributed by atoms with E-state index in [0.717, 1.165) is 29.7 Å². The molecular weight excluding hydrogens is 566 g/mol. The maximum Gasteiger partial charge on any atom is 0.344 e. The van der Waals surface area contributed by atoms with Gasteiger partial charge in [-0.05, 0) is 83.8 Å². The molecule has 0 fully saturated rings. The van der Waals surface area contributed by atoms with Gasteiger partial charge in [0, 0.05) is 5.56 Å². The number of ether oxygens (including phenoxy) is 2. The molecule has 0 saturated heterocycles. The second kappa shape index (κ2) is 13.1. The number of benzene rings is 3. The fourth-order valence-corrected chi connectivity index (χ4v) is 5.05. The Morgan fingerprint density at radius 2 is 1.60 bits per heavy atom.